The van der Waals surface area contributed by atoms with Gasteiger partial charge >= 0.3 is 12.2 Å². The van der Waals surface area contributed by atoms with E-state index >= 15 is 0 Å². The van der Waals surface area contributed by atoms with E-state index in [0.717, 1.165) is 17.0 Å². The van der Waals surface area contributed by atoms with Crippen LogP contribution in [0, 0.1) is 0 Å². The number of hydrogen-bond donors (Lipinski definition) is 2. The first-order valence-electron chi connectivity index (χ1n) is 8.23. The number of nitrogens with one attached hydrogen (secondary N) is 2. The van der Waals surface area contributed by atoms with Crippen molar-refractivity contribution in [1.29, 1.82) is 0 Å². The number of ketones is 1. The maximum Gasteiger partial charge on any atom is 0.416 e. The molecule has 2 amide bonds. The molecule has 0 aliphatic rings. The average Bonchev–Trinajstić information content (AvgIpc) is 3.15. The zero-order chi connectivity index (χ0) is 20.1. The summed E-state index contributed by atoms with van der Waals surface area (Å²) < 4.78 is 37.6. The van der Waals surface area contributed by atoms with Gasteiger partial charge in [-0.1, -0.05) is 30.3 Å². The zero-order valence-electron chi connectivity index (χ0n) is 14.4. The highest BCUT2D eigenvalue weighted by Gasteiger charge is 2.29. The van der Waals surface area contributed by atoms with Crippen LogP contribution in [0.5, 0.6) is 0 Å². The summed E-state index contributed by atoms with van der Waals surface area (Å²) in [6.07, 6.45) is -4.42. The normalized spacial score (nSPS) is 11.1. The Morgan fingerprint density at radius 2 is 1.57 bits per heavy atom. The molecule has 2 N–H and O–H groups in total. The second-order valence-electron chi connectivity index (χ2n) is 5.84. The van der Waals surface area contributed by atoms with Gasteiger partial charge in [-0.2, -0.15) is 13.2 Å². The van der Waals surface area contributed by atoms with Gasteiger partial charge in [0.15, 0.2) is 0 Å². The molecule has 0 saturated heterocycles. The zero-order valence-corrected chi connectivity index (χ0v) is 15.2. The molecule has 2 aromatic carbocycles. The van der Waals surface area contributed by atoms with E-state index in [0.29, 0.717) is 10.4 Å². The van der Waals surface area contributed by atoms with E-state index in [-0.39, 0.29) is 18.0 Å². The van der Waals surface area contributed by atoms with Crippen molar-refractivity contribution >= 4 is 28.8 Å². The highest BCUT2D eigenvalue weighted by molar-refractivity contribution is 7.14. The maximum atomic E-state index is 12.5. The fraction of sp³-hybridized carbons (Fsp3) is 0.100. The monoisotopic (exact) mass is 404 g/mol. The summed E-state index contributed by atoms with van der Waals surface area (Å²) in [6, 6.07) is 15.9. The minimum atomic E-state index is -4.42. The van der Waals surface area contributed by atoms with Crippen LogP contribution in [0.4, 0.5) is 23.7 Å². The van der Waals surface area contributed by atoms with Crippen molar-refractivity contribution in [1.82, 2.24) is 5.32 Å². The highest BCUT2D eigenvalue weighted by Crippen LogP contribution is 2.29. The molecule has 0 bridgehead atoms. The van der Waals surface area contributed by atoms with Crippen molar-refractivity contribution in [2.24, 2.45) is 0 Å². The smallest absolute Gasteiger partial charge is 0.333 e. The summed E-state index contributed by atoms with van der Waals surface area (Å²) in [5.41, 5.74) is 0.0492. The summed E-state index contributed by atoms with van der Waals surface area (Å²) >= 11 is 1.27. The van der Waals surface area contributed by atoms with Gasteiger partial charge in [0.05, 0.1) is 17.0 Å². The fourth-order valence-electron chi connectivity index (χ4n) is 2.41. The third-order valence-electron chi connectivity index (χ3n) is 3.81. The number of hydrogen-bond acceptors (Lipinski definition) is 3. The Morgan fingerprint density at radius 1 is 0.893 bits per heavy atom. The van der Waals surface area contributed by atoms with Crippen molar-refractivity contribution in [3.8, 4) is 0 Å². The number of benzene rings is 2. The van der Waals surface area contributed by atoms with Gasteiger partial charge in [0.1, 0.15) is 0 Å². The standard InChI is InChI=1S/C20H15F3N2O2S/c21-20(22,23)14-6-8-15(9-7-14)25-19(27)24-12-16-10-11-17(28-16)18(26)13-4-2-1-3-5-13/h1-11H,12H2,(H2,24,25,27). The van der Waals surface area contributed by atoms with E-state index in [1.165, 1.54) is 23.5 Å². The van der Waals surface area contributed by atoms with Gasteiger partial charge in [-0.25, -0.2) is 4.79 Å². The van der Waals surface area contributed by atoms with E-state index in [4.69, 9.17) is 0 Å². The van der Waals surface area contributed by atoms with Crippen molar-refractivity contribution in [3.63, 3.8) is 0 Å². The first-order valence-corrected chi connectivity index (χ1v) is 9.05. The van der Waals surface area contributed by atoms with Gasteiger partial charge in [-0.3, -0.25) is 4.79 Å². The lowest BCUT2D eigenvalue weighted by atomic mass is 10.1. The van der Waals surface area contributed by atoms with Crippen LogP contribution < -0.4 is 10.6 Å². The van der Waals surface area contributed by atoms with Crippen LogP contribution in [-0.4, -0.2) is 11.8 Å². The summed E-state index contributed by atoms with van der Waals surface area (Å²) in [7, 11) is 0. The number of thiophene rings is 1. The van der Waals surface area contributed by atoms with Crippen LogP contribution in [0.25, 0.3) is 0 Å². The number of urea groups is 1. The lowest BCUT2D eigenvalue weighted by Crippen LogP contribution is -2.27. The Balaban J connectivity index is 1.54. The van der Waals surface area contributed by atoms with Gasteiger partial charge in [-0.05, 0) is 36.4 Å². The first-order chi connectivity index (χ1) is 13.3. The lowest BCUT2D eigenvalue weighted by Gasteiger charge is -2.09. The topological polar surface area (TPSA) is 58.2 Å². The number of anilines is 1. The van der Waals surface area contributed by atoms with E-state index in [1.54, 1.807) is 36.4 Å². The Labute approximate surface area is 163 Å². The molecular formula is C20H15F3N2O2S. The molecule has 0 aliphatic heterocycles. The molecule has 0 saturated carbocycles. The molecule has 8 heteroatoms. The predicted octanol–water partition coefficient (Wildman–Crippen LogP) is 5.32. The van der Waals surface area contributed by atoms with Crippen LogP contribution in [-0.2, 0) is 12.7 Å². The summed E-state index contributed by atoms with van der Waals surface area (Å²) in [4.78, 5) is 25.6. The second kappa shape index (κ2) is 8.26. The van der Waals surface area contributed by atoms with Crippen LogP contribution in [0.1, 0.15) is 25.7 Å². The third-order valence-corrected chi connectivity index (χ3v) is 4.90. The molecule has 0 fully saturated rings. The summed E-state index contributed by atoms with van der Waals surface area (Å²) in [5.74, 6) is -0.0916. The van der Waals surface area contributed by atoms with Crippen molar-refractivity contribution in [3.05, 3.63) is 87.6 Å². The van der Waals surface area contributed by atoms with Crippen LogP contribution >= 0.6 is 11.3 Å². The predicted molar refractivity (Wildman–Crippen MR) is 101 cm³/mol. The number of amides is 2. The Hall–Kier alpha value is -3.13. The molecule has 3 aromatic rings. The third kappa shape index (κ3) is 4.98. The Morgan fingerprint density at radius 3 is 2.21 bits per heavy atom. The molecule has 0 unspecified atom stereocenters. The maximum absolute atomic E-state index is 12.5. The number of halogens is 3. The Bertz CT molecular complexity index is 967. The van der Waals surface area contributed by atoms with Gasteiger partial charge in [0.2, 0.25) is 5.78 Å². The van der Waals surface area contributed by atoms with Crippen molar-refractivity contribution in [2.75, 3.05) is 5.32 Å². The van der Waals surface area contributed by atoms with Gasteiger partial charge < -0.3 is 10.6 Å². The summed E-state index contributed by atoms with van der Waals surface area (Å²) in [6.45, 7) is 0.194. The minimum absolute atomic E-state index is 0.0916. The van der Waals surface area contributed by atoms with Crippen LogP contribution in [0.2, 0.25) is 0 Å². The molecule has 144 valence electrons. The number of alkyl halides is 3. The fourth-order valence-corrected chi connectivity index (χ4v) is 3.32. The van der Waals surface area contributed by atoms with E-state index in [2.05, 4.69) is 10.6 Å². The number of carbonyl (C=O) groups is 2. The highest BCUT2D eigenvalue weighted by atomic mass is 32.1. The minimum Gasteiger partial charge on any atom is -0.333 e. The van der Waals surface area contributed by atoms with Gasteiger partial charge in [-0.15, -0.1) is 11.3 Å². The van der Waals surface area contributed by atoms with Crippen molar-refractivity contribution in [2.45, 2.75) is 12.7 Å². The molecule has 0 spiro atoms. The first kappa shape index (κ1) is 19.6. The molecule has 1 heterocycles. The molecule has 3 rings (SSSR count). The lowest BCUT2D eigenvalue weighted by molar-refractivity contribution is -0.137. The molecular weight excluding hydrogens is 389 g/mol. The van der Waals surface area contributed by atoms with Crippen molar-refractivity contribution < 1.29 is 22.8 Å². The SMILES string of the molecule is O=C(NCc1ccc(C(=O)c2ccccc2)s1)Nc1ccc(C(F)(F)F)cc1. The molecule has 28 heavy (non-hydrogen) atoms. The Kier molecular flexibility index (Phi) is 5.79. The largest absolute Gasteiger partial charge is 0.416 e. The number of rotatable bonds is 5. The quantitative estimate of drug-likeness (QED) is 0.566. The van der Waals surface area contributed by atoms with E-state index in [1.807, 2.05) is 6.07 Å². The molecule has 0 aliphatic carbocycles. The molecule has 4 nitrogen and oxygen atoms in total. The number of carbonyl (C=O) groups excluding carboxylic acids is 2. The molecule has 1 aromatic heterocycles. The molecule has 0 atom stereocenters. The summed E-state index contributed by atoms with van der Waals surface area (Å²) in [5, 5.41) is 5.08. The van der Waals surface area contributed by atoms with Crippen LogP contribution in [0.15, 0.2) is 66.7 Å². The molecule has 0 radical (unpaired) electrons. The van der Waals surface area contributed by atoms with E-state index < -0.39 is 17.8 Å². The van der Waals surface area contributed by atoms with E-state index in [9.17, 15) is 22.8 Å². The van der Waals surface area contributed by atoms with Gasteiger partial charge in [0, 0.05) is 16.1 Å². The van der Waals surface area contributed by atoms with Gasteiger partial charge in [0.25, 0.3) is 0 Å². The average molecular weight is 404 g/mol. The van der Waals surface area contributed by atoms with Crippen LogP contribution in [0.3, 0.4) is 0 Å². The second-order valence-corrected chi connectivity index (χ2v) is 7.01.